The lowest BCUT2D eigenvalue weighted by Crippen LogP contribution is -2.35. The summed E-state index contributed by atoms with van der Waals surface area (Å²) in [6.07, 6.45) is 9.82. The summed E-state index contributed by atoms with van der Waals surface area (Å²) in [6.45, 7) is 2.08. The van der Waals surface area contributed by atoms with Crippen LogP contribution >= 0.6 is 15.9 Å². The zero-order valence-electron chi connectivity index (χ0n) is 9.43. The summed E-state index contributed by atoms with van der Waals surface area (Å²) in [5.74, 6) is 0. The van der Waals surface area contributed by atoms with E-state index < -0.39 is 0 Å². The van der Waals surface area contributed by atoms with Crippen molar-refractivity contribution in [2.24, 2.45) is 0 Å². The van der Waals surface area contributed by atoms with E-state index in [4.69, 9.17) is 4.74 Å². The Bertz CT molecular complexity index is 190. The third kappa shape index (κ3) is 3.18. The van der Waals surface area contributed by atoms with E-state index in [9.17, 15) is 0 Å². The fourth-order valence-corrected chi connectivity index (χ4v) is 3.21. The second-order valence-corrected chi connectivity index (χ2v) is 5.71. The van der Waals surface area contributed by atoms with E-state index in [2.05, 4.69) is 21.2 Å². The van der Waals surface area contributed by atoms with Gasteiger partial charge in [-0.1, -0.05) is 35.2 Å². The Balaban J connectivity index is 1.73. The molecule has 0 bridgehead atoms. The first-order valence-corrected chi connectivity index (χ1v) is 7.41. The Labute approximate surface area is 101 Å². The Kier molecular flexibility index (Phi) is 4.47. The minimum atomic E-state index is 0.291. The molecule has 1 heterocycles. The minimum Gasteiger partial charge on any atom is -0.370 e. The molecule has 2 nitrogen and oxygen atoms in total. The van der Waals surface area contributed by atoms with E-state index in [0.29, 0.717) is 11.7 Å². The number of hydrogen-bond acceptors (Lipinski definition) is 2. The zero-order valence-corrected chi connectivity index (χ0v) is 11.0. The van der Waals surface area contributed by atoms with Crippen LogP contribution in [0.5, 0.6) is 0 Å². The summed E-state index contributed by atoms with van der Waals surface area (Å²) in [7, 11) is 0. The summed E-state index contributed by atoms with van der Waals surface area (Å²) in [5.41, 5.74) is 0.291. The lowest BCUT2D eigenvalue weighted by atomic mass is 9.83. The van der Waals surface area contributed by atoms with E-state index in [-0.39, 0.29) is 0 Å². The predicted molar refractivity (Wildman–Crippen MR) is 66.6 cm³/mol. The number of alkyl halides is 1. The van der Waals surface area contributed by atoms with E-state index in [0.717, 1.165) is 18.4 Å². The van der Waals surface area contributed by atoms with E-state index >= 15 is 0 Å². The van der Waals surface area contributed by atoms with Gasteiger partial charge in [0.05, 0.1) is 11.7 Å². The van der Waals surface area contributed by atoms with E-state index in [1.807, 2.05) is 0 Å². The maximum atomic E-state index is 6.26. The molecule has 2 aliphatic rings. The molecule has 2 rings (SSSR count). The quantitative estimate of drug-likeness (QED) is 0.629. The molecular weight excluding hydrogens is 254 g/mol. The lowest BCUT2D eigenvalue weighted by molar-refractivity contribution is -0.0621. The second-order valence-electron chi connectivity index (χ2n) is 4.92. The number of halogens is 1. The van der Waals surface area contributed by atoms with Crippen molar-refractivity contribution in [3.8, 4) is 0 Å². The highest BCUT2D eigenvalue weighted by atomic mass is 79.9. The van der Waals surface area contributed by atoms with Crippen LogP contribution in [0, 0.1) is 0 Å². The van der Waals surface area contributed by atoms with Gasteiger partial charge >= 0.3 is 0 Å². The Morgan fingerprint density at radius 1 is 1.20 bits per heavy atom. The first kappa shape index (κ1) is 11.9. The largest absolute Gasteiger partial charge is 0.370 e. The van der Waals surface area contributed by atoms with Gasteiger partial charge in [0, 0.05) is 18.4 Å². The van der Waals surface area contributed by atoms with Gasteiger partial charge in [0.25, 0.3) is 0 Å². The summed E-state index contributed by atoms with van der Waals surface area (Å²) in [5, 5.41) is 4.46. The number of hydrogen-bond donors (Lipinski definition) is 1. The van der Waals surface area contributed by atoms with Gasteiger partial charge in [-0.25, -0.2) is 0 Å². The van der Waals surface area contributed by atoms with Crippen LogP contribution in [0.25, 0.3) is 0 Å². The van der Waals surface area contributed by atoms with Gasteiger partial charge < -0.3 is 10.1 Å². The molecule has 1 aliphatic carbocycles. The molecular formula is C12H22BrNO. The molecule has 0 aromatic heterocycles. The van der Waals surface area contributed by atoms with Crippen LogP contribution in [0.2, 0.25) is 0 Å². The molecule has 1 spiro atoms. The molecule has 0 amide bonds. The molecule has 1 N–H and O–H groups in total. The van der Waals surface area contributed by atoms with E-state index in [1.165, 1.54) is 44.9 Å². The highest BCUT2D eigenvalue weighted by Crippen LogP contribution is 2.41. The maximum Gasteiger partial charge on any atom is 0.0708 e. The number of rotatable bonds is 4. The van der Waals surface area contributed by atoms with Gasteiger partial charge in [-0.05, 0) is 25.7 Å². The smallest absolute Gasteiger partial charge is 0.0708 e. The van der Waals surface area contributed by atoms with Crippen molar-refractivity contribution in [1.29, 1.82) is 0 Å². The molecule has 1 saturated carbocycles. The van der Waals surface area contributed by atoms with Gasteiger partial charge in [-0.2, -0.15) is 0 Å². The summed E-state index contributed by atoms with van der Waals surface area (Å²) < 4.78 is 6.26. The molecule has 1 aliphatic heterocycles. The van der Waals surface area contributed by atoms with Gasteiger partial charge in [0.2, 0.25) is 0 Å². The Morgan fingerprint density at radius 3 is 2.73 bits per heavy atom. The predicted octanol–water partition coefficient (Wildman–Crippen LogP) is 2.85. The van der Waals surface area contributed by atoms with Gasteiger partial charge in [-0.15, -0.1) is 0 Å². The average Bonchev–Trinajstić information content (AvgIpc) is 2.63. The normalized spacial score (nSPS) is 29.8. The van der Waals surface area contributed by atoms with Crippen LogP contribution < -0.4 is 5.32 Å². The van der Waals surface area contributed by atoms with Crippen molar-refractivity contribution < 1.29 is 4.74 Å². The Hall–Kier alpha value is 0.400. The van der Waals surface area contributed by atoms with Crippen molar-refractivity contribution in [2.45, 2.75) is 56.7 Å². The first-order valence-electron chi connectivity index (χ1n) is 6.29. The third-order valence-electron chi connectivity index (χ3n) is 3.75. The van der Waals surface area contributed by atoms with Crippen LogP contribution in [0.1, 0.15) is 44.9 Å². The van der Waals surface area contributed by atoms with Gasteiger partial charge in [-0.3, -0.25) is 0 Å². The molecule has 3 heteroatoms. The van der Waals surface area contributed by atoms with Gasteiger partial charge in [0.1, 0.15) is 0 Å². The van der Waals surface area contributed by atoms with E-state index in [1.54, 1.807) is 0 Å². The molecule has 0 radical (unpaired) electrons. The van der Waals surface area contributed by atoms with Crippen molar-refractivity contribution in [1.82, 2.24) is 5.32 Å². The SMILES string of the molecule is BrCCNCC1CCC2(CCCCC2)O1. The third-order valence-corrected chi connectivity index (χ3v) is 4.14. The summed E-state index contributed by atoms with van der Waals surface area (Å²) in [4.78, 5) is 0. The van der Waals surface area contributed by atoms with Crippen LogP contribution in [-0.4, -0.2) is 30.1 Å². The molecule has 88 valence electrons. The highest BCUT2D eigenvalue weighted by molar-refractivity contribution is 9.09. The monoisotopic (exact) mass is 275 g/mol. The van der Waals surface area contributed by atoms with Crippen molar-refractivity contribution >= 4 is 15.9 Å². The molecule has 1 saturated heterocycles. The molecule has 2 fully saturated rings. The summed E-state index contributed by atoms with van der Waals surface area (Å²) in [6, 6.07) is 0. The molecule has 15 heavy (non-hydrogen) atoms. The average molecular weight is 276 g/mol. The number of nitrogens with one attached hydrogen (secondary N) is 1. The van der Waals surface area contributed by atoms with Crippen molar-refractivity contribution in [2.75, 3.05) is 18.4 Å². The Morgan fingerprint density at radius 2 is 2.00 bits per heavy atom. The second kappa shape index (κ2) is 5.65. The highest BCUT2D eigenvalue weighted by Gasteiger charge is 2.40. The van der Waals surface area contributed by atoms with Crippen molar-refractivity contribution in [3.05, 3.63) is 0 Å². The summed E-state index contributed by atoms with van der Waals surface area (Å²) >= 11 is 3.43. The van der Waals surface area contributed by atoms with Crippen LogP contribution in [0.3, 0.4) is 0 Å². The standard InChI is InChI=1S/C12H22BrNO/c13-8-9-14-10-11-4-7-12(15-11)5-2-1-3-6-12/h11,14H,1-10H2. The molecule has 1 unspecified atom stereocenters. The lowest BCUT2D eigenvalue weighted by Gasteiger charge is -2.33. The molecule has 1 atom stereocenters. The van der Waals surface area contributed by atoms with Gasteiger partial charge in [0.15, 0.2) is 0 Å². The molecule has 0 aromatic rings. The van der Waals surface area contributed by atoms with Crippen LogP contribution in [0.15, 0.2) is 0 Å². The first-order chi connectivity index (χ1) is 7.35. The zero-order chi connectivity index (χ0) is 10.6. The topological polar surface area (TPSA) is 21.3 Å². The fraction of sp³-hybridized carbons (Fsp3) is 1.00. The minimum absolute atomic E-state index is 0.291. The van der Waals surface area contributed by atoms with Crippen molar-refractivity contribution in [3.63, 3.8) is 0 Å². The van der Waals surface area contributed by atoms with Crippen LogP contribution in [-0.2, 0) is 4.74 Å². The fourth-order valence-electron chi connectivity index (χ4n) is 2.93. The van der Waals surface area contributed by atoms with Crippen LogP contribution in [0.4, 0.5) is 0 Å². The number of ether oxygens (including phenoxy) is 1. The molecule has 0 aromatic carbocycles. The maximum absolute atomic E-state index is 6.26.